The molecule has 1 saturated heterocycles. The van der Waals surface area contributed by atoms with Crippen LogP contribution < -0.4 is 0 Å². The van der Waals surface area contributed by atoms with E-state index in [9.17, 15) is 0 Å². The Labute approximate surface area is 97.5 Å². The topological polar surface area (TPSA) is 27.0 Å². The van der Waals surface area contributed by atoms with E-state index >= 15 is 0 Å². The lowest BCUT2D eigenvalue weighted by molar-refractivity contribution is 0.277. The maximum absolute atomic E-state index is 8.73. The quantitative estimate of drug-likeness (QED) is 0.757. The molecule has 1 aliphatic heterocycles. The molecule has 2 rings (SSSR count). The molecule has 0 atom stereocenters. The van der Waals surface area contributed by atoms with Crippen molar-refractivity contribution in [2.75, 3.05) is 13.1 Å². The summed E-state index contributed by atoms with van der Waals surface area (Å²) in [7, 11) is 0. The lowest BCUT2D eigenvalue weighted by atomic mass is 10.1. The Bertz CT molecular complexity index is 353. The molecule has 0 amide bonds. The summed E-state index contributed by atoms with van der Waals surface area (Å²) in [5.74, 6) is 0. The van der Waals surface area contributed by atoms with Gasteiger partial charge < -0.3 is 0 Å². The van der Waals surface area contributed by atoms with Gasteiger partial charge >= 0.3 is 0 Å². The van der Waals surface area contributed by atoms with Gasteiger partial charge in [0.05, 0.1) is 11.6 Å². The highest BCUT2D eigenvalue weighted by Crippen LogP contribution is 2.13. The third kappa shape index (κ3) is 3.08. The molecule has 0 saturated carbocycles. The molecule has 0 N–H and O–H groups in total. The summed E-state index contributed by atoms with van der Waals surface area (Å²) in [4.78, 5) is 2.52. The van der Waals surface area contributed by atoms with Crippen LogP contribution in [0.4, 0.5) is 0 Å². The van der Waals surface area contributed by atoms with Gasteiger partial charge in [0.2, 0.25) is 0 Å². The summed E-state index contributed by atoms with van der Waals surface area (Å²) in [5, 5.41) is 8.73. The summed E-state index contributed by atoms with van der Waals surface area (Å²) in [6, 6.07) is 10.1. The third-order valence-corrected chi connectivity index (χ3v) is 3.19. The van der Waals surface area contributed by atoms with E-state index in [0.717, 1.165) is 12.1 Å². The van der Waals surface area contributed by atoms with Crippen molar-refractivity contribution < 1.29 is 0 Å². The van der Waals surface area contributed by atoms with Crippen molar-refractivity contribution in [3.8, 4) is 6.07 Å². The van der Waals surface area contributed by atoms with Crippen LogP contribution in [0.2, 0.25) is 0 Å². The van der Waals surface area contributed by atoms with Crippen molar-refractivity contribution in [2.45, 2.75) is 32.2 Å². The van der Waals surface area contributed by atoms with E-state index in [4.69, 9.17) is 5.26 Å². The number of nitrogens with zero attached hydrogens (tertiary/aromatic N) is 2. The van der Waals surface area contributed by atoms with Crippen LogP contribution in [-0.4, -0.2) is 18.0 Å². The Kier molecular flexibility index (Phi) is 3.96. The highest BCUT2D eigenvalue weighted by Gasteiger charge is 2.08. The number of benzene rings is 1. The molecule has 0 radical (unpaired) electrons. The summed E-state index contributed by atoms with van der Waals surface area (Å²) in [6.07, 6.45) is 5.42. The Balaban J connectivity index is 1.94. The van der Waals surface area contributed by atoms with Crippen LogP contribution in [0.3, 0.4) is 0 Å². The van der Waals surface area contributed by atoms with Crippen LogP contribution in [0.15, 0.2) is 24.3 Å². The molecule has 1 heterocycles. The molecule has 0 unspecified atom stereocenters. The van der Waals surface area contributed by atoms with Gasteiger partial charge in [0.15, 0.2) is 0 Å². The van der Waals surface area contributed by atoms with Crippen molar-refractivity contribution in [3.63, 3.8) is 0 Å². The first-order chi connectivity index (χ1) is 7.88. The minimum atomic E-state index is 0.750. The lowest BCUT2D eigenvalue weighted by Crippen LogP contribution is -2.23. The average Bonchev–Trinajstić information content (AvgIpc) is 2.59. The van der Waals surface area contributed by atoms with Gasteiger partial charge in [-0.3, -0.25) is 4.90 Å². The summed E-state index contributed by atoms with van der Waals surface area (Å²) in [6.45, 7) is 3.48. The largest absolute Gasteiger partial charge is 0.299 e. The minimum Gasteiger partial charge on any atom is -0.299 e. The van der Waals surface area contributed by atoms with Crippen LogP contribution in [0.25, 0.3) is 0 Å². The molecule has 1 fully saturated rings. The SMILES string of the molecule is N#Cc1ccc(CN2CCCCCC2)cc1. The van der Waals surface area contributed by atoms with Crippen molar-refractivity contribution in [1.29, 1.82) is 5.26 Å². The standard InChI is InChI=1S/C14H18N2/c15-11-13-5-7-14(8-6-13)12-16-9-3-1-2-4-10-16/h5-8H,1-4,9-10,12H2. The predicted octanol–water partition coefficient (Wildman–Crippen LogP) is 2.93. The predicted molar refractivity (Wildman–Crippen MR) is 64.9 cm³/mol. The Morgan fingerprint density at radius 3 is 2.19 bits per heavy atom. The Morgan fingerprint density at radius 1 is 1.00 bits per heavy atom. The van der Waals surface area contributed by atoms with Crippen LogP contribution in [0.5, 0.6) is 0 Å². The Hall–Kier alpha value is -1.33. The number of nitriles is 1. The molecule has 1 aliphatic rings. The van der Waals surface area contributed by atoms with E-state index in [-0.39, 0.29) is 0 Å². The molecule has 0 bridgehead atoms. The zero-order chi connectivity index (χ0) is 11.2. The second-order valence-corrected chi connectivity index (χ2v) is 4.50. The number of likely N-dealkylation sites (tertiary alicyclic amines) is 1. The van der Waals surface area contributed by atoms with E-state index in [2.05, 4.69) is 23.1 Å². The van der Waals surface area contributed by atoms with Crippen molar-refractivity contribution in [3.05, 3.63) is 35.4 Å². The van der Waals surface area contributed by atoms with E-state index < -0.39 is 0 Å². The molecule has 1 aromatic rings. The first-order valence-corrected chi connectivity index (χ1v) is 6.10. The fraction of sp³-hybridized carbons (Fsp3) is 0.500. The van der Waals surface area contributed by atoms with Gasteiger partial charge in [-0.1, -0.05) is 25.0 Å². The lowest BCUT2D eigenvalue weighted by Gasteiger charge is -2.19. The van der Waals surface area contributed by atoms with E-state index in [1.165, 1.54) is 44.3 Å². The molecule has 0 aliphatic carbocycles. The van der Waals surface area contributed by atoms with Crippen LogP contribution >= 0.6 is 0 Å². The van der Waals surface area contributed by atoms with Crippen molar-refractivity contribution in [2.24, 2.45) is 0 Å². The van der Waals surface area contributed by atoms with Gasteiger partial charge in [-0.15, -0.1) is 0 Å². The molecule has 2 nitrogen and oxygen atoms in total. The second-order valence-electron chi connectivity index (χ2n) is 4.50. The molecule has 84 valence electrons. The van der Waals surface area contributed by atoms with Crippen molar-refractivity contribution >= 4 is 0 Å². The summed E-state index contributed by atoms with van der Waals surface area (Å²) >= 11 is 0. The van der Waals surface area contributed by atoms with Gasteiger partial charge in [-0.05, 0) is 43.6 Å². The van der Waals surface area contributed by atoms with E-state index in [1.54, 1.807) is 0 Å². The minimum absolute atomic E-state index is 0.750. The normalized spacial score (nSPS) is 17.7. The highest BCUT2D eigenvalue weighted by molar-refractivity contribution is 5.31. The maximum atomic E-state index is 8.73. The highest BCUT2D eigenvalue weighted by atomic mass is 15.1. The molecule has 0 aromatic heterocycles. The molecule has 0 spiro atoms. The molecular formula is C14H18N2. The molecule has 2 heteroatoms. The number of rotatable bonds is 2. The van der Waals surface area contributed by atoms with E-state index in [1.807, 2.05) is 12.1 Å². The van der Waals surface area contributed by atoms with Gasteiger partial charge in [0.25, 0.3) is 0 Å². The fourth-order valence-electron chi connectivity index (χ4n) is 2.24. The van der Waals surface area contributed by atoms with Crippen LogP contribution in [0, 0.1) is 11.3 Å². The zero-order valence-corrected chi connectivity index (χ0v) is 9.65. The van der Waals surface area contributed by atoms with Gasteiger partial charge in [-0.2, -0.15) is 5.26 Å². The fourth-order valence-corrected chi connectivity index (χ4v) is 2.24. The monoisotopic (exact) mass is 214 g/mol. The Morgan fingerprint density at radius 2 is 1.62 bits per heavy atom. The summed E-state index contributed by atoms with van der Waals surface area (Å²) in [5.41, 5.74) is 2.07. The average molecular weight is 214 g/mol. The smallest absolute Gasteiger partial charge is 0.0991 e. The number of hydrogen-bond donors (Lipinski definition) is 0. The first kappa shape index (κ1) is 11.2. The molecule has 1 aromatic carbocycles. The zero-order valence-electron chi connectivity index (χ0n) is 9.65. The number of hydrogen-bond acceptors (Lipinski definition) is 2. The van der Waals surface area contributed by atoms with E-state index in [0.29, 0.717) is 0 Å². The van der Waals surface area contributed by atoms with Gasteiger partial charge in [0, 0.05) is 6.54 Å². The van der Waals surface area contributed by atoms with Crippen LogP contribution in [0.1, 0.15) is 36.8 Å². The van der Waals surface area contributed by atoms with Crippen LogP contribution in [-0.2, 0) is 6.54 Å². The first-order valence-electron chi connectivity index (χ1n) is 6.10. The third-order valence-electron chi connectivity index (χ3n) is 3.19. The maximum Gasteiger partial charge on any atom is 0.0991 e. The van der Waals surface area contributed by atoms with Gasteiger partial charge in [-0.25, -0.2) is 0 Å². The second kappa shape index (κ2) is 5.67. The molecular weight excluding hydrogens is 196 g/mol. The summed E-state index contributed by atoms with van der Waals surface area (Å²) < 4.78 is 0. The van der Waals surface area contributed by atoms with Gasteiger partial charge in [0.1, 0.15) is 0 Å². The molecule has 16 heavy (non-hydrogen) atoms. The van der Waals surface area contributed by atoms with Crippen molar-refractivity contribution in [1.82, 2.24) is 4.90 Å².